The molecule has 1 aromatic rings. The summed E-state index contributed by atoms with van der Waals surface area (Å²) in [5, 5.41) is 0. The van der Waals surface area contributed by atoms with E-state index in [-0.39, 0.29) is 6.04 Å². The van der Waals surface area contributed by atoms with Gasteiger partial charge < -0.3 is 4.57 Å². The van der Waals surface area contributed by atoms with Gasteiger partial charge in [-0.1, -0.05) is 13.8 Å². The second-order valence-corrected chi connectivity index (χ2v) is 4.73. The Morgan fingerprint density at radius 1 is 1.38 bits per heavy atom. The molecule has 0 aliphatic carbocycles. The smallest absolute Gasteiger partial charge is 0.235 e. The summed E-state index contributed by atoms with van der Waals surface area (Å²) in [5.41, 5.74) is 3.56. The van der Waals surface area contributed by atoms with Crippen molar-refractivity contribution in [3.05, 3.63) is 23.0 Å². The molecule has 0 aliphatic heterocycles. The summed E-state index contributed by atoms with van der Waals surface area (Å²) in [4.78, 5) is 14.0. The Hall–Kier alpha value is -1.34. The summed E-state index contributed by atoms with van der Waals surface area (Å²) in [6, 6.07) is 2.02. The van der Waals surface area contributed by atoms with Crippen LogP contribution in [0, 0.1) is 19.8 Å². The topological polar surface area (TPSA) is 34.4 Å². The van der Waals surface area contributed by atoms with Crippen molar-refractivity contribution in [3.8, 4) is 0 Å². The van der Waals surface area contributed by atoms with E-state index in [9.17, 15) is 4.79 Å². The van der Waals surface area contributed by atoms with Crippen molar-refractivity contribution in [1.82, 2.24) is 4.57 Å². The van der Waals surface area contributed by atoms with Gasteiger partial charge in [0.25, 0.3) is 0 Å². The van der Waals surface area contributed by atoms with E-state index in [1.807, 2.05) is 6.92 Å². The van der Waals surface area contributed by atoms with Crippen molar-refractivity contribution in [3.63, 3.8) is 0 Å². The molecule has 0 saturated heterocycles. The number of carbonyl (C=O) groups excluding carboxylic acids is 1. The molecule has 0 N–H and O–H groups in total. The van der Waals surface area contributed by atoms with Crippen molar-refractivity contribution in [2.45, 2.75) is 47.2 Å². The predicted molar refractivity (Wildman–Crippen MR) is 65.3 cm³/mol. The Morgan fingerprint density at radius 3 is 2.50 bits per heavy atom. The molecule has 0 aliphatic rings. The van der Waals surface area contributed by atoms with Crippen LogP contribution in [0.15, 0.2) is 11.1 Å². The van der Waals surface area contributed by atoms with Crippen LogP contribution >= 0.6 is 0 Å². The molecule has 0 aromatic carbocycles. The number of nitrogens with zero attached hydrogens (tertiary/aromatic N) is 2. The van der Waals surface area contributed by atoms with E-state index >= 15 is 0 Å². The van der Waals surface area contributed by atoms with Crippen LogP contribution in [-0.2, 0) is 11.3 Å². The monoisotopic (exact) mass is 220 g/mol. The van der Waals surface area contributed by atoms with Gasteiger partial charge >= 0.3 is 0 Å². The van der Waals surface area contributed by atoms with Gasteiger partial charge in [0.2, 0.25) is 6.08 Å². The summed E-state index contributed by atoms with van der Waals surface area (Å²) < 4.78 is 2.29. The standard InChI is InChI=1S/C13H20N2O/c1-9(2)7-15-10(3)6-13(12(15)5)11(4)14-8-16/h6,9,11H,7H2,1-5H3. The third kappa shape index (κ3) is 2.61. The van der Waals surface area contributed by atoms with E-state index in [1.165, 1.54) is 11.4 Å². The number of hydrogen-bond donors (Lipinski definition) is 0. The Bertz CT molecular complexity index is 412. The Balaban J connectivity index is 3.10. The summed E-state index contributed by atoms with van der Waals surface area (Å²) in [7, 11) is 0. The Morgan fingerprint density at radius 2 is 2.00 bits per heavy atom. The molecule has 0 spiro atoms. The van der Waals surface area contributed by atoms with Crippen LogP contribution in [0.1, 0.15) is 43.8 Å². The Kier molecular flexibility index (Phi) is 4.08. The summed E-state index contributed by atoms with van der Waals surface area (Å²) >= 11 is 0. The van der Waals surface area contributed by atoms with Gasteiger partial charge in [-0.2, -0.15) is 4.99 Å². The molecule has 1 rings (SSSR count). The average molecular weight is 220 g/mol. The van der Waals surface area contributed by atoms with Crippen molar-refractivity contribution >= 4 is 6.08 Å². The maximum atomic E-state index is 10.3. The van der Waals surface area contributed by atoms with Crippen LogP contribution in [0.4, 0.5) is 0 Å². The van der Waals surface area contributed by atoms with Gasteiger partial charge in [0.05, 0.1) is 6.04 Å². The zero-order valence-corrected chi connectivity index (χ0v) is 10.7. The van der Waals surface area contributed by atoms with Crippen molar-refractivity contribution < 1.29 is 4.79 Å². The van der Waals surface area contributed by atoms with E-state index < -0.39 is 0 Å². The number of hydrogen-bond acceptors (Lipinski definition) is 2. The lowest BCUT2D eigenvalue weighted by Gasteiger charge is -2.13. The first kappa shape index (κ1) is 12.7. The molecule has 88 valence electrons. The fourth-order valence-electron chi connectivity index (χ4n) is 2.05. The number of aromatic nitrogens is 1. The van der Waals surface area contributed by atoms with Gasteiger partial charge in [-0.05, 0) is 38.3 Å². The van der Waals surface area contributed by atoms with Gasteiger partial charge in [-0.3, -0.25) is 0 Å². The quantitative estimate of drug-likeness (QED) is 0.567. The molecule has 1 heterocycles. The lowest BCUT2D eigenvalue weighted by atomic mass is 10.1. The van der Waals surface area contributed by atoms with Crippen molar-refractivity contribution in [1.29, 1.82) is 0 Å². The zero-order chi connectivity index (χ0) is 12.3. The van der Waals surface area contributed by atoms with Gasteiger partial charge in [0.1, 0.15) is 0 Å². The fraction of sp³-hybridized carbons (Fsp3) is 0.615. The summed E-state index contributed by atoms with van der Waals surface area (Å²) in [6.07, 6.45) is 1.63. The van der Waals surface area contributed by atoms with Crippen LogP contribution in [0.3, 0.4) is 0 Å². The molecule has 0 bridgehead atoms. The van der Waals surface area contributed by atoms with Crippen LogP contribution in [0.2, 0.25) is 0 Å². The Labute approximate surface area is 97.2 Å². The highest BCUT2D eigenvalue weighted by Crippen LogP contribution is 2.24. The molecule has 16 heavy (non-hydrogen) atoms. The number of aliphatic imine (C=N–C) groups is 1. The zero-order valence-electron chi connectivity index (χ0n) is 10.7. The second kappa shape index (κ2) is 5.13. The molecule has 3 nitrogen and oxygen atoms in total. The molecule has 1 aromatic heterocycles. The molecular weight excluding hydrogens is 200 g/mol. The first-order valence-electron chi connectivity index (χ1n) is 5.71. The first-order valence-corrected chi connectivity index (χ1v) is 5.71. The second-order valence-electron chi connectivity index (χ2n) is 4.73. The van der Waals surface area contributed by atoms with Gasteiger partial charge in [0.15, 0.2) is 0 Å². The largest absolute Gasteiger partial charge is 0.349 e. The van der Waals surface area contributed by atoms with Crippen LogP contribution < -0.4 is 0 Å². The van der Waals surface area contributed by atoms with E-state index in [0.717, 1.165) is 12.1 Å². The summed E-state index contributed by atoms with van der Waals surface area (Å²) in [6.45, 7) is 11.5. The molecule has 1 atom stereocenters. The van der Waals surface area contributed by atoms with Crippen molar-refractivity contribution in [2.75, 3.05) is 0 Å². The fourth-order valence-corrected chi connectivity index (χ4v) is 2.05. The van der Waals surface area contributed by atoms with E-state index in [0.29, 0.717) is 5.92 Å². The third-order valence-corrected chi connectivity index (χ3v) is 2.86. The lowest BCUT2D eigenvalue weighted by Crippen LogP contribution is -2.08. The molecule has 0 amide bonds. The number of rotatable bonds is 4. The maximum absolute atomic E-state index is 10.3. The maximum Gasteiger partial charge on any atom is 0.235 e. The van der Waals surface area contributed by atoms with Gasteiger partial charge in [0, 0.05) is 17.9 Å². The normalized spacial score (nSPS) is 12.6. The average Bonchev–Trinajstić information content (AvgIpc) is 2.45. The third-order valence-electron chi connectivity index (χ3n) is 2.86. The molecule has 0 saturated carbocycles. The number of isocyanates is 1. The molecule has 0 radical (unpaired) electrons. The summed E-state index contributed by atoms with van der Waals surface area (Å²) in [5.74, 6) is 0.613. The minimum absolute atomic E-state index is 0.0930. The van der Waals surface area contributed by atoms with Gasteiger partial charge in [-0.15, -0.1) is 0 Å². The van der Waals surface area contributed by atoms with E-state index in [2.05, 4.69) is 43.3 Å². The first-order chi connectivity index (χ1) is 7.47. The highest BCUT2D eigenvalue weighted by Gasteiger charge is 2.14. The van der Waals surface area contributed by atoms with Gasteiger partial charge in [-0.25, -0.2) is 4.79 Å². The molecule has 1 unspecified atom stereocenters. The predicted octanol–water partition coefficient (Wildman–Crippen LogP) is 3.16. The highest BCUT2D eigenvalue weighted by atomic mass is 16.1. The van der Waals surface area contributed by atoms with E-state index in [1.54, 1.807) is 6.08 Å². The molecule has 3 heteroatoms. The van der Waals surface area contributed by atoms with Crippen molar-refractivity contribution in [2.24, 2.45) is 10.9 Å². The van der Waals surface area contributed by atoms with Crippen LogP contribution in [-0.4, -0.2) is 10.6 Å². The molecule has 0 fully saturated rings. The highest BCUT2D eigenvalue weighted by molar-refractivity contribution is 5.37. The number of aryl methyl sites for hydroxylation is 1. The van der Waals surface area contributed by atoms with Crippen LogP contribution in [0.25, 0.3) is 0 Å². The molecular formula is C13H20N2O. The SMILES string of the molecule is Cc1cc(C(C)N=C=O)c(C)n1CC(C)C. The van der Waals surface area contributed by atoms with Crippen LogP contribution in [0.5, 0.6) is 0 Å². The lowest BCUT2D eigenvalue weighted by molar-refractivity contribution is 0.507. The minimum atomic E-state index is -0.0930. The van der Waals surface area contributed by atoms with E-state index in [4.69, 9.17) is 0 Å². The minimum Gasteiger partial charge on any atom is -0.349 e.